The van der Waals surface area contributed by atoms with Gasteiger partial charge in [0, 0.05) is 0 Å². The fourth-order valence-electron chi connectivity index (χ4n) is 2.01. The van der Waals surface area contributed by atoms with Gasteiger partial charge in [0.1, 0.15) is 0 Å². The Morgan fingerprint density at radius 3 is 2.41 bits per heavy atom. The van der Waals surface area contributed by atoms with Crippen LogP contribution in [0.1, 0.15) is 0 Å². The zero-order valence-electron chi connectivity index (χ0n) is 9.91. The van der Waals surface area contributed by atoms with Crippen LogP contribution >= 0.6 is 0 Å². The van der Waals surface area contributed by atoms with Crippen LogP contribution < -0.4 is 0 Å². The fourth-order valence-corrected chi connectivity index (χ4v) is 3.40. The number of β-amino-alcohol motifs (C(OH)–C–C–N with tert-alkyl or cyclic N) is 2. The Bertz CT molecular complexity index is 348. The Labute approximate surface area is 119 Å². The van der Waals surface area contributed by atoms with Crippen LogP contribution in [0.25, 0.3) is 0 Å². The Hall–Kier alpha value is 0.750. The number of aliphatic hydroxyl groups is 2. The molecular weight excluding hydrogens is 259 g/mol. The van der Waals surface area contributed by atoms with E-state index in [-0.39, 0.29) is 18.9 Å². The van der Waals surface area contributed by atoms with E-state index in [1.807, 2.05) is 9.80 Å². The first-order chi connectivity index (χ1) is 7.74. The van der Waals surface area contributed by atoms with Crippen molar-refractivity contribution in [3.8, 4) is 0 Å². The number of aliphatic hydroxyl groups excluding tert-OH is 1. The maximum absolute atomic E-state index is 10.6. The summed E-state index contributed by atoms with van der Waals surface area (Å²) in [6, 6.07) is 0. The summed E-state index contributed by atoms with van der Waals surface area (Å²) in [6.45, 7) is 2.21. The van der Waals surface area contributed by atoms with Gasteiger partial charge in [-0.1, -0.05) is 0 Å². The summed E-state index contributed by atoms with van der Waals surface area (Å²) in [5.74, 6) is -0.315. The molecule has 96 valence electrons. The van der Waals surface area contributed by atoms with E-state index in [0.29, 0.717) is 54.1 Å². The van der Waals surface area contributed by atoms with Crippen molar-refractivity contribution in [2.45, 2.75) is 2.97 Å². The first-order valence-corrected chi connectivity index (χ1v) is 8.11. The Morgan fingerprint density at radius 1 is 1.29 bits per heavy atom. The van der Waals surface area contributed by atoms with Crippen molar-refractivity contribution in [2.75, 3.05) is 45.1 Å². The van der Waals surface area contributed by atoms with Gasteiger partial charge in [-0.15, -0.1) is 0 Å². The van der Waals surface area contributed by atoms with Crippen LogP contribution in [0, 0.1) is 0 Å². The van der Waals surface area contributed by atoms with Gasteiger partial charge in [-0.2, -0.15) is 0 Å². The minimum atomic E-state index is -3.95. The van der Waals surface area contributed by atoms with Gasteiger partial charge in [0.15, 0.2) is 0 Å². The second-order valence-electron chi connectivity index (χ2n) is 4.49. The van der Waals surface area contributed by atoms with Gasteiger partial charge in [0.2, 0.25) is 0 Å². The van der Waals surface area contributed by atoms with Crippen LogP contribution in [0.5, 0.6) is 0 Å². The second kappa shape index (κ2) is 6.27. The molecule has 0 bridgehead atoms. The molecule has 0 radical (unpaired) electrons. The maximum atomic E-state index is 10.6. The third-order valence-corrected chi connectivity index (χ3v) is 4.57. The summed E-state index contributed by atoms with van der Waals surface area (Å²) < 4.78 is 29.0. The van der Waals surface area contributed by atoms with Crippen LogP contribution in [-0.2, 0) is 10.1 Å². The summed E-state index contributed by atoms with van der Waals surface area (Å²) in [6.07, 6.45) is 0. The molecule has 1 unspecified atom stereocenters. The molecule has 1 saturated heterocycles. The van der Waals surface area contributed by atoms with Gasteiger partial charge in [-0.25, -0.2) is 0 Å². The van der Waals surface area contributed by atoms with Crippen molar-refractivity contribution in [3.05, 3.63) is 0 Å². The minimum absolute atomic E-state index is 0.00440. The topological polar surface area (TPSA) is 101 Å². The Balaban J connectivity index is 2.49. The van der Waals surface area contributed by atoms with Crippen LogP contribution in [0.2, 0.25) is 0 Å². The van der Waals surface area contributed by atoms with Crippen molar-refractivity contribution in [3.63, 3.8) is 0 Å². The van der Waals surface area contributed by atoms with Crippen LogP contribution in [0.15, 0.2) is 0 Å². The fraction of sp³-hybridized carbons (Fsp3) is 1.00. The molecule has 0 aromatic rings. The van der Waals surface area contributed by atoms with E-state index in [4.69, 9.17) is 9.66 Å². The number of piperazine rings is 1. The average molecular weight is 276 g/mol. The molecule has 1 heterocycles. The Kier molecular flexibility index (Phi) is 5.83. The monoisotopic (exact) mass is 276 g/mol. The first-order valence-electron chi connectivity index (χ1n) is 5.50. The SMILES string of the molecule is O=S(=O)(O)CCN1CCN(CCO)[C](O)([Na])C1. The molecule has 1 aliphatic heterocycles. The quantitative estimate of drug-likeness (QED) is 0.371. The van der Waals surface area contributed by atoms with Crippen molar-refractivity contribution in [1.82, 2.24) is 9.80 Å². The molecule has 1 fully saturated rings. The van der Waals surface area contributed by atoms with E-state index in [2.05, 4.69) is 0 Å². The van der Waals surface area contributed by atoms with E-state index >= 15 is 0 Å². The molecule has 1 atom stereocenters. The van der Waals surface area contributed by atoms with E-state index in [1.165, 1.54) is 0 Å². The molecule has 0 saturated carbocycles. The number of rotatable bonds is 5. The molecular formula is C8H17N2NaO5S. The van der Waals surface area contributed by atoms with Gasteiger partial charge < -0.3 is 0 Å². The summed E-state index contributed by atoms with van der Waals surface area (Å²) in [7, 11) is -3.95. The molecule has 0 amide bonds. The average Bonchev–Trinajstić information content (AvgIpc) is 2.17. The first kappa shape index (κ1) is 15.8. The third-order valence-electron chi connectivity index (χ3n) is 2.93. The standard InChI is InChI=1S/C8H17N2O5S.Na/c11-5-3-10-2-1-9(7-8(10)12)4-6-16(13,14)15;/h11-12H,1-7H2,(H,13,14,15);. The van der Waals surface area contributed by atoms with Crippen LogP contribution in [-0.4, -0.2) is 109 Å². The van der Waals surface area contributed by atoms with E-state index in [0.717, 1.165) is 0 Å². The molecule has 9 heteroatoms. The predicted molar refractivity (Wildman–Crippen MR) is 62.2 cm³/mol. The molecule has 1 aliphatic rings. The zero-order valence-corrected chi connectivity index (χ0v) is 12.7. The molecule has 0 spiro atoms. The molecule has 0 aromatic carbocycles. The number of nitrogens with zero attached hydrogens (tertiary/aromatic N) is 2. The number of hydrogen-bond acceptors (Lipinski definition) is 6. The molecule has 7 nitrogen and oxygen atoms in total. The van der Waals surface area contributed by atoms with Crippen molar-refractivity contribution >= 4 is 38.0 Å². The van der Waals surface area contributed by atoms with Crippen molar-refractivity contribution in [2.24, 2.45) is 0 Å². The van der Waals surface area contributed by atoms with E-state index in [9.17, 15) is 13.5 Å². The van der Waals surface area contributed by atoms with Gasteiger partial charge in [0.25, 0.3) is 0 Å². The predicted octanol–water partition coefficient (Wildman–Crippen LogP) is -2.70. The van der Waals surface area contributed by atoms with E-state index in [1.54, 1.807) is 0 Å². The zero-order chi connectivity index (χ0) is 13.1. The summed E-state index contributed by atoms with van der Waals surface area (Å²) in [4.78, 5) is 3.62. The van der Waals surface area contributed by atoms with E-state index < -0.39 is 13.1 Å². The van der Waals surface area contributed by atoms with Crippen LogP contribution in [0.4, 0.5) is 0 Å². The molecule has 3 N–H and O–H groups in total. The molecule has 0 aromatic heterocycles. The normalized spacial score (nSPS) is 28.5. The van der Waals surface area contributed by atoms with Crippen molar-refractivity contribution in [1.29, 1.82) is 0 Å². The molecule has 1 rings (SSSR count). The van der Waals surface area contributed by atoms with Gasteiger partial charge in [-0.3, -0.25) is 0 Å². The number of hydrogen-bond donors (Lipinski definition) is 3. The van der Waals surface area contributed by atoms with Gasteiger partial charge in [-0.05, 0) is 0 Å². The second-order valence-corrected chi connectivity index (χ2v) is 7.66. The summed E-state index contributed by atoms with van der Waals surface area (Å²) in [5, 5.41) is 19.1. The van der Waals surface area contributed by atoms with Crippen molar-refractivity contribution < 1.29 is 23.2 Å². The molecule has 17 heavy (non-hydrogen) atoms. The molecule has 0 aliphatic carbocycles. The van der Waals surface area contributed by atoms with Gasteiger partial charge >= 0.3 is 119 Å². The summed E-state index contributed by atoms with van der Waals surface area (Å²) >= 11 is 0.509. The van der Waals surface area contributed by atoms with Gasteiger partial charge in [0.05, 0.1) is 0 Å². The van der Waals surface area contributed by atoms with Crippen LogP contribution in [0.3, 0.4) is 0 Å². The Morgan fingerprint density at radius 2 is 1.94 bits per heavy atom. The third kappa shape index (κ3) is 5.50. The summed E-state index contributed by atoms with van der Waals surface area (Å²) in [5.41, 5.74) is 0.